The highest BCUT2D eigenvalue weighted by Gasteiger charge is 2.43. The molecule has 92 valence electrons. The fraction of sp³-hybridized carbons (Fsp3) is 0.583. The second-order valence-corrected chi connectivity index (χ2v) is 5.50. The lowest BCUT2D eigenvalue weighted by atomic mass is 10.2. The summed E-state index contributed by atoms with van der Waals surface area (Å²) in [5.41, 5.74) is 1.04. The van der Waals surface area contributed by atoms with E-state index < -0.39 is 0 Å². The number of halogens is 1. The summed E-state index contributed by atoms with van der Waals surface area (Å²) in [6.45, 7) is 1.45. The van der Waals surface area contributed by atoms with E-state index in [9.17, 15) is 0 Å². The maximum Gasteiger partial charge on any atom is 0.170 e. The Morgan fingerprint density at radius 3 is 2.94 bits per heavy atom. The Bertz CT molecular complexity index is 407. The van der Waals surface area contributed by atoms with E-state index in [-0.39, 0.29) is 5.79 Å². The summed E-state index contributed by atoms with van der Waals surface area (Å²) in [4.78, 5) is 4.14. The van der Waals surface area contributed by atoms with Crippen molar-refractivity contribution in [1.82, 2.24) is 4.98 Å². The van der Waals surface area contributed by atoms with Gasteiger partial charge in [-0.25, -0.2) is 0 Å². The Balaban J connectivity index is 1.64. The number of hydrogen-bond acceptors (Lipinski definition) is 4. The quantitative estimate of drug-likeness (QED) is 0.911. The van der Waals surface area contributed by atoms with Crippen LogP contribution in [-0.4, -0.2) is 30.0 Å². The fourth-order valence-electron chi connectivity index (χ4n) is 2.58. The summed E-state index contributed by atoms with van der Waals surface area (Å²) in [6.07, 6.45) is 6.59. The Morgan fingerprint density at radius 2 is 2.18 bits per heavy atom. The van der Waals surface area contributed by atoms with E-state index >= 15 is 0 Å². The predicted octanol–water partition coefficient (Wildman–Crippen LogP) is 2.55. The van der Waals surface area contributed by atoms with Crippen LogP contribution < -0.4 is 5.32 Å². The summed E-state index contributed by atoms with van der Waals surface area (Å²) in [5.74, 6) is -0.308. The van der Waals surface area contributed by atoms with Gasteiger partial charge in [0.1, 0.15) is 0 Å². The topological polar surface area (TPSA) is 43.4 Å². The van der Waals surface area contributed by atoms with E-state index in [1.54, 1.807) is 6.20 Å². The van der Waals surface area contributed by atoms with Gasteiger partial charge in [-0.15, -0.1) is 0 Å². The van der Waals surface area contributed by atoms with Crippen molar-refractivity contribution in [3.05, 3.63) is 22.9 Å². The van der Waals surface area contributed by atoms with E-state index in [1.807, 2.05) is 12.3 Å². The van der Waals surface area contributed by atoms with Gasteiger partial charge in [-0.1, -0.05) is 0 Å². The number of hydrogen-bond donors (Lipinski definition) is 1. The smallest absolute Gasteiger partial charge is 0.170 e. The van der Waals surface area contributed by atoms with Crippen molar-refractivity contribution in [2.24, 2.45) is 0 Å². The van der Waals surface area contributed by atoms with E-state index in [2.05, 4.69) is 26.2 Å². The van der Waals surface area contributed by atoms with E-state index in [0.717, 1.165) is 42.6 Å². The average Bonchev–Trinajstić information content (AvgIpc) is 2.90. The molecule has 0 bridgehead atoms. The Morgan fingerprint density at radius 1 is 1.35 bits per heavy atom. The summed E-state index contributed by atoms with van der Waals surface area (Å²) in [6, 6.07) is 2.44. The van der Waals surface area contributed by atoms with Crippen LogP contribution in [0.1, 0.15) is 19.3 Å². The second-order valence-electron chi connectivity index (χ2n) is 4.58. The van der Waals surface area contributed by atoms with Crippen LogP contribution >= 0.6 is 15.9 Å². The first-order chi connectivity index (χ1) is 8.26. The molecule has 17 heavy (non-hydrogen) atoms. The van der Waals surface area contributed by atoms with Crippen molar-refractivity contribution in [2.75, 3.05) is 18.5 Å². The number of nitrogens with one attached hydrogen (secondary N) is 1. The van der Waals surface area contributed by atoms with Gasteiger partial charge < -0.3 is 14.8 Å². The number of nitrogens with zero attached hydrogens (tertiary/aromatic N) is 1. The van der Waals surface area contributed by atoms with Crippen LogP contribution in [0.15, 0.2) is 22.9 Å². The van der Waals surface area contributed by atoms with Crippen LogP contribution in [0.2, 0.25) is 0 Å². The van der Waals surface area contributed by atoms with Crippen LogP contribution in [0.5, 0.6) is 0 Å². The van der Waals surface area contributed by atoms with Crippen LogP contribution in [0, 0.1) is 0 Å². The molecule has 1 aromatic heterocycles. The molecule has 0 aromatic carbocycles. The van der Waals surface area contributed by atoms with E-state index in [1.165, 1.54) is 0 Å². The van der Waals surface area contributed by atoms with Gasteiger partial charge >= 0.3 is 0 Å². The van der Waals surface area contributed by atoms with Crippen LogP contribution in [0.3, 0.4) is 0 Å². The molecule has 1 aliphatic carbocycles. The van der Waals surface area contributed by atoms with Crippen molar-refractivity contribution < 1.29 is 9.47 Å². The van der Waals surface area contributed by atoms with Gasteiger partial charge in [0.2, 0.25) is 0 Å². The minimum absolute atomic E-state index is 0.308. The highest BCUT2D eigenvalue weighted by atomic mass is 79.9. The van der Waals surface area contributed by atoms with Gasteiger partial charge in [0.25, 0.3) is 0 Å². The minimum atomic E-state index is -0.308. The summed E-state index contributed by atoms with van der Waals surface area (Å²) in [5, 5.41) is 3.48. The molecule has 4 nitrogen and oxygen atoms in total. The molecule has 1 aromatic rings. The lowest BCUT2D eigenvalue weighted by Crippen LogP contribution is -2.28. The standard InChI is InChI=1S/C12H15BrN2O2/c13-9-5-11(8-14-7-9)15-10-1-2-12(6-10)16-3-4-17-12/h5,7-8,10,15H,1-4,6H2/t10-/m0/s1. The van der Waals surface area contributed by atoms with Crippen LogP contribution in [-0.2, 0) is 9.47 Å². The maximum absolute atomic E-state index is 5.71. The first kappa shape index (κ1) is 11.4. The molecule has 0 amide bonds. The Hall–Kier alpha value is -0.650. The summed E-state index contributed by atoms with van der Waals surface area (Å²) < 4.78 is 12.4. The first-order valence-electron chi connectivity index (χ1n) is 5.91. The summed E-state index contributed by atoms with van der Waals surface area (Å²) in [7, 11) is 0. The molecule has 1 aliphatic heterocycles. The first-order valence-corrected chi connectivity index (χ1v) is 6.70. The largest absolute Gasteiger partial charge is 0.381 e. The lowest BCUT2D eigenvalue weighted by Gasteiger charge is -2.22. The van der Waals surface area contributed by atoms with Crippen molar-refractivity contribution in [3.63, 3.8) is 0 Å². The number of pyridine rings is 1. The van der Waals surface area contributed by atoms with Crippen molar-refractivity contribution in [2.45, 2.75) is 31.1 Å². The van der Waals surface area contributed by atoms with Gasteiger partial charge in [0.05, 0.1) is 25.1 Å². The second kappa shape index (κ2) is 4.55. The van der Waals surface area contributed by atoms with Crippen LogP contribution in [0.25, 0.3) is 0 Å². The molecule has 1 spiro atoms. The molecule has 0 radical (unpaired) electrons. The summed E-state index contributed by atoms with van der Waals surface area (Å²) >= 11 is 3.42. The molecule has 2 fully saturated rings. The van der Waals surface area contributed by atoms with Gasteiger partial charge in [-0.3, -0.25) is 4.98 Å². The van der Waals surface area contributed by atoms with Crippen molar-refractivity contribution >= 4 is 21.6 Å². The SMILES string of the molecule is Brc1cncc(N[C@H]2CCC3(C2)OCCO3)c1. The predicted molar refractivity (Wildman–Crippen MR) is 67.8 cm³/mol. The van der Waals surface area contributed by atoms with Crippen LogP contribution in [0.4, 0.5) is 5.69 Å². The molecule has 0 unspecified atom stereocenters. The Kier molecular flexibility index (Phi) is 3.06. The van der Waals surface area contributed by atoms with Crippen molar-refractivity contribution in [3.8, 4) is 0 Å². The molecule has 1 saturated heterocycles. The number of aromatic nitrogens is 1. The highest BCUT2D eigenvalue weighted by molar-refractivity contribution is 9.10. The zero-order chi connectivity index (χ0) is 11.7. The molecular weight excluding hydrogens is 284 g/mol. The molecule has 1 atom stereocenters. The van der Waals surface area contributed by atoms with E-state index in [0.29, 0.717) is 6.04 Å². The molecule has 3 rings (SSSR count). The van der Waals surface area contributed by atoms with Gasteiger partial charge in [-0.05, 0) is 28.4 Å². The lowest BCUT2D eigenvalue weighted by molar-refractivity contribution is -0.150. The molecular formula is C12H15BrN2O2. The highest BCUT2D eigenvalue weighted by Crippen LogP contribution is 2.38. The average molecular weight is 299 g/mol. The molecule has 2 heterocycles. The molecule has 1 N–H and O–H groups in total. The number of ether oxygens (including phenoxy) is 2. The van der Waals surface area contributed by atoms with Gasteiger partial charge in [0, 0.05) is 29.6 Å². The van der Waals surface area contributed by atoms with Gasteiger partial charge in [0.15, 0.2) is 5.79 Å². The fourth-order valence-corrected chi connectivity index (χ4v) is 2.95. The normalized spacial score (nSPS) is 26.5. The molecule has 2 aliphatic rings. The maximum atomic E-state index is 5.71. The van der Waals surface area contributed by atoms with Crippen molar-refractivity contribution in [1.29, 1.82) is 0 Å². The third-order valence-corrected chi connectivity index (χ3v) is 3.75. The minimum Gasteiger partial charge on any atom is -0.381 e. The number of rotatable bonds is 2. The monoisotopic (exact) mass is 298 g/mol. The third-order valence-electron chi connectivity index (χ3n) is 3.32. The number of anilines is 1. The Labute approximate surface area is 109 Å². The zero-order valence-electron chi connectivity index (χ0n) is 9.49. The van der Waals surface area contributed by atoms with E-state index in [4.69, 9.17) is 9.47 Å². The van der Waals surface area contributed by atoms with Gasteiger partial charge in [-0.2, -0.15) is 0 Å². The zero-order valence-corrected chi connectivity index (χ0v) is 11.1. The third kappa shape index (κ3) is 2.46. The molecule has 1 saturated carbocycles. The molecule has 5 heteroatoms.